The van der Waals surface area contributed by atoms with Crippen molar-refractivity contribution in [3.05, 3.63) is 73.4 Å². The van der Waals surface area contributed by atoms with Crippen LogP contribution < -0.4 is 9.47 Å². The van der Waals surface area contributed by atoms with Crippen molar-refractivity contribution in [3.8, 4) is 11.6 Å². The van der Waals surface area contributed by atoms with E-state index in [2.05, 4.69) is 16.5 Å². The number of rotatable bonds is 8. The summed E-state index contributed by atoms with van der Waals surface area (Å²) in [5.41, 5.74) is 1.42. The highest BCUT2D eigenvalue weighted by Gasteiger charge is 2.24. The summed E-state index contributed by atoms with van der Waals surface area (Å²) in [6, 6.07) is 16.6. The molecule has 0 aliphatic rings. The van der Waals surface area contributed by atoms with Crippen LogP contribution in [0.2, 0.25) is 0 Å². The van der Waals surface area contributed by atoms with Crippen molar-refractivity contribution in [2.45, 2.75) is 6.10 Å². The smallest absolute Gasteiger partial charge is 0.351 e. The van der Waals surface area contributed by atoms with Gasteiger partial charge in [-0.25, -0.2) is 14.8 Å². The van der Waals surface area contributed by atoms with Crippen LogP contribution in [0.3, 0.4) is 0 Å². The monoisotopic (exact) mass is 350 g/mol. The molecule has 0 N–H and O–H groups in total. The molecule has 132 valence electrons. The molecule has 0 radical (unpaired) electrons. The Kier molecular flexibility index (Phi) is 5.77. The van der Waals surface area contributed by atoms with E-state index in [1.54, 1.807) is 12.1 Å². The van der Waals surface area contributed by atoms with Gasteiger partial charge in [0.1, 0.15) is 19.0 Å². The highest BCUT2D eigenvalue weighted by Crippen LogP contribution is 2.16. The van der Waals surface area contributed by atoms with Gasteiger partial charge in [-0.05, 0) is 24.3 Å². The summed E-state index contributed by atoms with van der Waals surface area (Å²) in [7, 11) is 0. The maximum absolute atomic E-state index is 12.3. The number of benzene rings is 2. The average molecular weight is 350 g/mol. The van der Waals surface area contributed by atoms with Crippen LogP contribution in [0.5, 0.6) is 11.6 Å². The van der Waals surface area contributed by atoms with Crippen molar-refractivity contribution in [1.82, 2.24) is 9.97 Å². The van der Waals surface area contributed by atoms with Gasteiger partial charge in [0, 0.05) is 0 Å². The second kappa shape index (κ2) is 8.62. The predicted molar refractivity (Wildman–Crippen MR) is 97.0 cm³/mol. The van der Waals surface area contributed by atoms with Gasteiger partial charge < -0.3 is 14.2 Å². The zero-order valence-electron chi connectivity index (χ0n) is 14.1. The number of ether oxygens (including phenoxy) is 3. The Morgan fingerprint density at radius 1 is 1.08 bits per heavy atom. The fourth-order valence-electron chi connectivity index (χ4n) is 2.22. The molecule has 0 saturated carbocycles. The number of aromatic nitrogens is 2. The van der Waals surface area contributed by atoms with Crippen molar-refractivity contribution in [1.29, 1.82) is 0 Å². The number of carbonyl (C=O) groups excluding carboxylic acids is 1. The molecule has 0 fully saturated rings. The molecule has 26 heavy (non-hydrogen) atoms. The number of fused-ring (bicyclic) bond motifs is 1. The normalized spacial score (nSPS) is 11.5. The molecule has 1 unspecified atom stereocenters. The first-order valence-electron chi connectivity index (χ1n) is 8.10. The molecular formula is C20H18N2O4. The van der Waals surface area contributed by atoms with Gasteiger partial charge in [-0.3, -0.25) is 0 Å². The molecule has 1 aromatic heterocycles. The van der Waals surface area contributed by atoms with E-state index in [9.17, 15) is 4.79 Å². The summed E-state index contributed by atoms with van der Waals surface area (Å²) >= 11 is 0. The number of para-hydroxylation sites is 3. The van der Waals surface area contributed by atoms with Crippen LogP contribution in [-0.2, 0) is 9.53 Å². The quantitative estimate of drug-likeness (QED) is 0.459. The minimum absolute atomic E-state index is 0.0193. The van der Waals surface area contributed by atoms with Crippen molar-refractivity contribution < 1.29 is 19.0 Å². The summed E-state index contributed by atoms with van der Waals surface area (Å²) in [6.45, 7) is 3.60. The van der Waals surface area contributed by atoms with E-state index in [1.807, 2.05) is 42.5 Å². The summed E-state index contributed by atoms with van der Waals surface area (Å²) < 4.78 is 16.4. The molecule has 1 heterocycles. The van der Waals surface area contributed by atoms with Crippen molar-refractivity contribution >= 4 is 17.0 Å². The van der Waals surface area contributed by atoms with E-state index in [-0.39, 0.29) is 19.1 Å². The van der Waals surface area contributed by atoms with E-state index in [1.165, 1.54) is 12.3 Å². The molecular weight excluding hydrogens is 332 g/mol. The standard InChI is InChI=1S/C20H18N2O4/c1-2-12-24-20(23)18(14-25-15-8-4-3-5-9-15)26-19-13-21-16-10-6-7-11-17(16)22-19/h2-11,13,18H,1,12,14H2. The van der Waals surface area contributed by atoms with Crippen LogP contribution in [0, 0.1) is 0 Å². The molecule has 3 rings (SSSR count). The van der Waals surface area contributed by atoms with Crippen LogP contribution in [0.4, 0.5) is 0 Å². The van der Waals surface area contributed by atoms with Crippen LogP contribution in [-0.4, -0.2) is 35.3 Å². The SMILES string of the molecule is C=CCOC(=O)C(COc1ccccc1)Oc1cnc2ccccc2n1. The number of carbonyl (C=O) groups is 1. The summed E-state index contributed by atoms with van der Waals surface area (Å²) in [5, 5.41) is 0. The first-order chi connectivity index (χ1) is 12.8. The third-order valence-corrected chi connectivity index (χ3v) is 3.44. The van der Waals surface area contributed by atoms with Gasteiger partial charge in [-0.15, -0.1) is 0 Å². The fourth-order valence-corrected chi connectivity index (χ4v) is 2.22. The molecule has 6 nitrogen and oxygen atoms in total. The van der Waals surface area contributed by atoms with Crippen LogP contribution >= 0.6 is 0 Å². The summed E-state index contributed by atoms with van der Waals surface area (Å²) in [5.74, 6) is 0.291. The van der Waals surface area contributed by atoms with E-state index in [0.717, 1.165) is 5.52 Å². The van der Waals surface area contributed by atoms with Gasteiger partial charge in [-0.2, -0.15) is 0 Å². The second-order valence-corrected chi connectivity index (χ2v) is 5.35. The lowest BCUT2D eigenvalue weighted by Crippen LogP contribution is -2.35. The lowest BCUT2D eigenvalue weighted by atomic mass is 10.3. The second-order valence-electron chi connectivity index (χ2n) is 5.35. The Labute approximate surface area is 151 Å². The number of esters is 1. The minimum Gasteiger partial charge on any atom is -0.489 e. The van der Waals surface area contributed by atoms with Gasteiger partial charge in [0.25, 0.3) is 0 Å². The van der Waals surface area contributed by atoms with Crippen LogP contribution in [0.25, 0.3) is 11.0 Å². The number of hydrogen-bond acceptors (Lipinski definition) is 6. The molecule has 0 amide bonds. The molecule has 0 aliphatic carbocycles. The maximum Gasteiger partial charge on any atom is 0.351 e. The first kappa shape index (κ1) is 17.4. The van der Waals surface area contributed by atoms with Gasteiger partial charge >= 0.3 is 5.97 Å². The van der Waals surface area contributed by atoms with E-state index in [0.29, 0.717) is 11.3 Å². The maximum atomic E-state index is 12.3. The first-order valence-corrected chi connectivity index (χ1v) is 8.10. The van der Waals surface area contributed by atoms with Crippen molar-refractivity contribution in [3.63, 3.8) is 0 Å². The average Bonchev–Trinajstić information content (AvgIpc) is 2.70. The van der Waals surface area contributed by atoms with E-state index >= 15 is 0 Å². The zero-order valence-corrected chi connectivity index (χ0v) is 14.1. The Hall–Kier alpha value is -3.41. The van der Waals surface area contributed by atoms with Gasteiger partial charge in [0.05, 0.1) is 17.2 Å². The summed E-state index contributed by atoms with van der Waals surface area (Å²) in [6.07, 6.45) is 1.98. The van der Waals surface area contributed by atoms with Gasteiger partial charge in [0.15, 0.2) is 0 Å². The number of nitrogens with zero attached hydrogens (tertiary/aromatic N) is 2. The molecule has 0 saturated heterocycles. The van der Waals surface area contributed by atoms with Crippen molar-refractivity contribution in [2.75, 3.05) is 13.2 Å². The fraction of sp³-hybridized carbons (Fsp3) is 0.150. The van der Waals surface area contributed by atoms with E-state index < -0.39 is 12.1 Å². The third kappa shape index (κ3) is 4.57. The van der Waals surface area contributed by atoms with Crippen LogP contribution in [0.1, 0.15) is 0 Å². The molecule has 3 aromatic rings. The van der Waals surface area contributed by atoms with Crippen LogP contribution in [0.15, 0.2) is 73.4 Å². The Bertz CT molecular complexity index is 883. The third-order valence-electron chi connectivity index (χ3n) is 3.44. The highest BCUT2D eigenvalue weighted by molar-refractivity contribution is 5.76. The lowest BCUT2D eigenvalue weighted by Gasteiger charge is -2.17. The molecule has 1 atom stereocenters. The minimum atomic E-state index is -0.981. The van der Waals surface area contributed by atoms with E-state index in [4.69, 9.17) is 14.2 Å². The molecule has 0 spiro atoms. The lowest BCUT2D eigenvalue weighted by molar-refractivity contribution is -0.152. The predicted octanol–water partition coefficient (Wildman–Crippen LogP) is 3.19. The molecule has 2 aromatic carbocycles. The topological polar surface area (TPSA) is 70.5 Å². The summed E-state index contributed by atoms with van der Waals surface area (Å²) in [4.78, 5) is 20.9. The number of hydrogen-bond donors (Lipinski definition) is 0. The largest absolute Gasteiger partial charge is 0.489 e. The van der Waals surface area contributed by atoms with Crippen molar-refractivity contribution in [2.24, 2.45) is 0 Å². The highest BCUT2D eigenvalue weighted by atomic mass is 16.6. The Balaban J connectivity index is 1.74. The zero-order chi connectivity index (χ0) is 18.2. The molecule has 0 aliphatic heterocycles. The molecule has 6 heteroatoms. The van der Waals surface area contributed by atoms with Gasteiger partial charge in [0.2, 0.25) is 12.0 Å². The molecule has 0 bridgehead atoms. The Morgan fingerprint density at radius 2 is 1.81 bits per heavy atom. The van der Waals surface area contributed by atoms with Gasteiger partial charge in [-0.1, -0.05) is 43.0 Å². The Morgan fingerprint density at radius 3 is 2.58 bits per heavy atom.